The number of halogens is 1. The Balaban J connectivity index is 1.63. The molecule has 0 bridgehead atoms. The Morgan fingerprint density at radius 1 is 1.06 bits per heavy atom. The first-order valence-corrected chi connectivity index (χ1v) is 13.1. The molecule has 0 radical (unpaired) electrons. The van der Waals surface area contributed by atoms with Gasteiger partial charge in [0.1, 0.15) is 11.6 Å². The smallest absolute Gasteiger partial charge is 0.256 e. The summed E-state index contributed by atoms with van der Waals surface area (Å²) in [6.45, 7) is 7.68. The Bertz CT molecular complexity index is 1380. The number of benzene rings is 2. The molecule has 8 nitrogen and oxygen atoms in total. The van der Waals surface area contributed by atoms with Crippen LogP contribution in [0.15, 0.2) is 41.3 Å². The minimum atomic E-state index is -3.84. The van der Waals surface area contributed by atoms with Gasteiger partial charge < -0.3 is 9.88 Å². The number of nitrogens with one attached hydrogen (secondary N) is 2. The monoisotopic (exact) mass is 499 g/mol. The fourth-order valence-corrected chi connectivity index (χ4v) is 5.57. The van der Waals surface area contributed by atoms with Crippen molar-refractivity contribution in [2.45, 2.75) is 70.4 Å². The van der Waals surface area contributed by atoms with E-state index >= 15 is 0 Å². The number of aryl methyl sites for hydroxylation is 2. The first kappa shape index (κ1) is 25.0. The molecule has 4 rings (SSSR count). The van der Waals surface area contributed by atoms with Crippen molar-refractivity contribution >= 4 is 21.6 Å². The number of hydrogen-bond acceptors (Lipinski definition) is 5. The van der Waals surface area contributed by atoms with Crippen LogP contribution in [-0.2, 0) is 23.0 Å². The summed E-state index contributed by atoms with van der Waals surface area (Å²) in [4.78, 5) is 13.1. The third kappa shape index (κ3) is 5.59. The van der Waals surface area contributed by atoms with Gasteiger partial charge in [-0.2, -0.15) is 0 Å². The van der Waals surface area contributed by atoms with Gasteiger partial charge in [0.05, 0.1) is 10.6 Å². The number of sulfonamides is 1. The lowest BCUT2D eigenvalue weighted by Gasteiger charge is -2.20. The Labute approximate surface area is 205 Å². The van der Waals surface area contributed by atoms with Gasteiger partial charge in [-0.05, 0) is 76.4 Å². The molecule has 2 aromatic carbocycles. The molecule has 1 amide bonds. The molecule has 0 aliphatic carbocycles. The van der Waals surface area contributed by atoms with Crippen molar-refractivity contribution in [3.8, 4) is 11.4 Å². The van der Waals surface area contributed by atoms with Crippen LogP contribution in [-0.4, -0.2) is 34.6 Å². The molecular formula is C25H30FN5O3S. The van der Waals surface area contributed by atoms with E-state index in [2.05, 4.69) is 20.2 Å². The molecule has 35 heavy (non-hydrogen) atoms. The SMILES string of the molecule is Cc1ccc(S(=O)(=O)NC(C)(C)C)cc1C(=O)Nc1cc(-c2nnc3n2CCCCC3)ccc1F. The number of rotatable bonds is 5. The van der Waals surface area contributed by atoms with Crippen LogP contribution in [0.2, 0.25) is 0 Å². The summed E-state index contributed by atoms with van der Waals surface area (Å²) in [6.07, 6.45) is 4.04. The summed E-state index contributed by atoms with van der Waals surface area (Å²) in [5.41, 5.74) is 0.651. The highest BCUT2D eigenvalue weighted by molar-refractivity contribution is 7.89. The van der Waals surface area contributed by atoms with Crippen molar-refractivity contribution in [2.75, 3.05) is 5.32 Å². The predicted octanol–water partition coefficient (Wildman–Crippen LogP) is 4.45. The van der Waals surface area contributed by atoms with Gasteiger partial charge in [0.25, 0.3) is 5.91 Å². The first-order chi connectivity index (χ1) is 16.4. The van der Waals surface area contributed by atoms with E-state index in [-0.39, 0.29) is 16.1 Å². The second-order valence-electron chi connectivity index (χ2n) is 9.88. The van der Waals surface area contributed by atoms with Crippen LogP contribution in [0.5, 0.6) is 0 Å². The predicted molar refractivity (Wildman–Crippen MR) is 132 cm³/mol. The van der Waals surface area contributed by atoms with Crippen molar-refractivity contribution in [2.24, 2.45) is 0 Å². The normalized spacial score (nSPS) is 14.3. The van der Waals surface area contributed by atoms with E-state index in [0.717, 1.165) is 38.1 Å². The van der Waals surface area contributed by atoms with Crippen molar-refractivity contribution < 1.29 is 17.6 Å². The zero-order valence-electron chi connectivity index (χ0n) is 20.4. The van der Waals surface area contributed by atoms with Crippen LogP contribution in [0.3, 0.4) is 0 Å². The molecule has 10 heteroatoms. The molecule has 2 N–H and O–H groups in total. The number of amides is 1. The summed E-state index contributed by atoms with van der Waals surface area (Å²) in [5, 5.41) is 11.2. The summed E-state index contributed by atoms with van der Waals surface area (Å²) in [7, 11) is -3.84. The lowest BCUT2D eigenvalue weighted by atomic mass is 10.1. The first-order valence-electron chi connectivity index (χ1n) is 11.6. The summed E-state index contributed by atoms with van der Waals surface area (Å²) in [5.74, 6) is 0.333. The molecule has 3 aromatic rings. The van der Waals surface area contributed by atoms with E-state index in [9.17, 15) is 17.6 Å². The minimum absolute atomic E-state index is 0.0149. The second kappa shape index (κ2) is 9.50. The van der Waals surface area contributed by atoms with E-state index in [1.54, 1.807) is 39.8 Å². The van der Waals surface area contributed by atoms with E-state index in [0.29, 0.717) is 17.0 Å². The lowest BCUT2D eigenvalue weighted by Crippen LogP contribution is -2.40. The molecule has 0 unspecified atom stereocenters. The number of carbonyl (C=O) groups is 1. The molecule has 1 aliphatic rings. The van der Waals surface area contributed by atoms with E-state index in [4.69, 9.17) is 0 Å². The van der Waals surface area contributed by atoms with Crippen LogP contribution < -0.4 is 10.0 Å². The van der Waals surface area contributed by atoms with Crippen LogP contribution in [0, 0.1) is 12.7 Å². The Morgan fingerprint density at radius 2 is 1.83 bits per heavy atom. The Hall–Kier alpha value is -3.11. The fraction of sp³-hybridized carbons (Fsp3) is 0.400. The number of carbonyl (C=O) groups excluding carboxylic acids is 1. The van der Waals surface area contributed by atoms with Gasteiger partial charge in [-0.25, -0.2) is 17.5 Å². The highest BCUT2D eigenvalue weighted by Crippen LogP contribution is 2.27. The molecule has 0 fully saturated rings. The van der Waals surface area contributed by atoms with E-state index in [1.807, 2.05) is 4.57 Å². The van der Waals surface area contributed by atoms with Crippen LogP contribution >= 0.6 is 0 Å². The molecule has 0 spiro atoms. The second-order valence-corrected chi connectivity index (χ2v) is 11.6. The third-order valence-corrected chi connectivity index (χ3v) is 7.54. The van der Waals surface area contributed by atoms with Gasteiger partial charge in [0.2, 0.25) is 10.0 Å². The Kier molecular flexibility index (Phi) is 6.79. The fourth-order valence-electron chi connectivity index (χ4n) is 4.12. The highest BCUT2D eigenvalue weighted by atomic mass is 32.2. The molecule has 0 saturated carbocycles. The van der Waals surface area contributed by atoms with Gasteiger partial charge in [-0.15, -0.1) is 10.2 Å². The van der Waals surface area contributed by atoms with Crippen LogP contribution in [0.4, 0.5) is 10.1 Å². The summed E-state index contributed by atoms with van der Waals surface area (Å²) in [6, 6.07) is 8.74. The number of hydrogen-bond donors (Lipinski definition) is 2. The zero-order chi connectivity index (χ0) is 25.4. The number of aromatic nitrogens is 3. The average Bonchev–Trinajstić information content (AvgIpc) is 3.01. The van der Waals surface area contributed by atoms with Crippen molar-refractivity contribution in [1.82, 2.24) is 19.5 Å². The van der Waals surface area contributed by atoms with Crippen LogP contribution in [0.25, 0.3) is 11.4 Å². The molecule has 0 saturated heterocycles. The van der Waals surface area contributed by atoms with Gasteiger partial charge in [0.15, 0.2) is 5.82 Å². The van der Waals surface area contributed by atoms with Crippen molar-refractivity contribution in [1.29, 1.82) is 0 Å². The molecular weight excluding hydrogens is 469 g/mol. The standard InChI is InChI=1S/C25H30FN5O3S/c1-16-9-11-18(35(33,34)30-25(2,3)4)15-19(16)24(32)27-21-14-17(10-12-20(21)26)23-29-28-22-8-6-5-7-13-31(22)23/h9-12,14-15,30H,5-8,13H2,1-4H3,(H,27,32). The van der Waals surface area contributed by atoms with Crippen molar-refractivity contribution in [3.05, 3.63) is 59.2 Å². The average molecular weight is 500 g/mol. The number of fused-ring (bicyclic) bond motifs is 1. The summed E-state index contributed by atoms with van der Waals surface area (Å²) < 4.78 is 44.8. The third-order valence-electron chi connectivity index (χ3n) is 5.79. The molecule has 0 atom stereocenters. The Morgan fingerprint density at radius 3 is 2.57 bits per heavy atom. The lowest BCUT2D eigenvalue weighted by molar-refractivity contribution is 0.102. The minimum Gasteiger partial charge on any atom is -0.319 e. The maximum Gasteiger partial charge on any atom is 0.256 e. The quantitative estimate of drug-likeness (QED) is 0.540. The maximum atomic E-state index is 14.7. The van der Waals surface area contributed by atoms with Gasteiger partial charge in [-0.3, -0.25) is 4.79 Å². The summed E-state index contributed by atoms with van der Waals surface area (Å²) >= 11 is 0. The molecule has 2 heterocycles. The van der Waals surface area contributed by atoms with Gasteiger partial charge in [0, 0.05) is 29.6 Å². The van der Waals surface area contributed by atoms with E-state index < -0.39 is 27.3 Å². The maximum absolute atomic E-state index is 14.7. The highest BCUT2D eigenvalue weighted by Gasteiger charge is 2.24. The molecule has 1 aliphatic heterocycles. The number of nitrogens with zero attached hydrogens (tertiary/aromatic N) is 3. The number of anilines is 1. The molecule has 1 aromatic heterocycles. The van der Waals surface area contributed by atoms with Gasteiger partial charge in [-0.1, -0.05) is 12.5 Å². The van der Waals surface area contributed by atoms with Gasteiger partial charge >= 0.3 is 0 Å². The zero-order valence-corrected chi connectivity index (χ0v) is 21.2. The topological polar surface area (TPSA) is 106 Å². The van der Waals surface area contributed by atoms with Crippen molar-refractivity contribution in [3.63, 3.8) is 0 Å². The largest absolute Gasteiger partial charge is 0.319 e. The van der Waals surface area contributed by atoms with Crippen LogP contribution in [0.1, 0.15) is 61.8 Å². The van der Waals surface area contributed by atoms with E-state index in [1.165, 1.54) is 24.3 Å². The molecule has 186 valence electrons.